The summed E-state index contributed by atoms with van der Waals surface area (Å²) in [6.07, 6.45) is -0.662. The van der Waals surface area contributed by atoms with Gasteiger partial charge in [-0.1, -0.05) is 11.6 Å². The molecule has 3 atom stereocenters. The maximum Gasteiger partial charge on any atom is 0.263 e. The van der Waals surface area contributed by atoms with E-state index in [1.54, 1.807) is 11.8 Å². The molecular formula is C15H21Cl2FN2O2. The second-order valence-corrected chi connectivity index (χ2v) is 5.95. The Hall–Kier alpha value is -1.04. The van der Waals surface area contributed by atoms with Crippen LogP contribution < -0.4 is 10.1 Å². The van der Waals surface area contributed by atoms with Gasteiger partial charge in [0.2, 0.25) is 0 Å². The number of nitrogens with zero attached hydrogens (tertiary/aromatic N) is 1. The van der Waals surface area contributed by atoms with Crippen LogP contribution in [0.3, 0.4) is 0 Å². The van der Waals surface area contributed by atoms with Crippen molar-refractivity contribution in [3.05, 3.63) is 29.0 Å². The van der Waals surface area contributed by atoms with Gasteiger partial charge in [-0.3, -0.25) is 4.79 Å². The molecule has 1 aliphatic heterocycles. The molecule has 0 spiro atoms. The molecule has 1 aromatic carbocycles. The number of hydrogen-bond acceptors (Lipinski definition) is 3. The highest BCUT2D eigenvalue weighted by molar-refractivity contribution is 6.32. The number of carbonyl (C=O) groups is 1. The number of ether oxygens (including phenoxy) is 1. The number of amides is 1. The number of rotatable bonds is 3. The first-order chi connectivity index (χ1) is 9.86. The zero-order valence-electron chi connectivity index (χ0n) is 12.8. The maximum absolute atomic E-state index is 13.0. The summed E-state index contributed by atoms with van der Waals surface area (Å²) in [4.78, 5) is 14.2. The molecule has 7 heteroatoms. The first kappa shape index (κ1) is 19.0. The van der Waals surface area contributed by atoms with Crippen LogP contribution in [0.5, 0.6) is 5.75 Å². The van der Waals surface area contributed by atoms with Gasteiger partial charge in [-0.05, 0) is 39.0 Å². The fourth-order valence-electron chi connectivity index (χ4n) is 2.58. The van der Waals surface area contributed by atoms with E-state index in [2.05, 4.69) is 5.32 Å². The van der Waals surface area contributed by atoms with E-state index in [1.165, 1.54) is 18.2 Å². The highest BCUT2D eigenvalue weighted by Gasteiger charge is 2.29. The molecule has 1 amide bonds. The Morgan fingerprint density at radius 1 is 1.41 bits per heavy atom. The van der Waals surface area contributed by atoms with E-state index in [0.29, 0.717) is 18.8 Å². The molecule has 0 bridgehead atoms. The van der Waals surface area contributed by atoms with Crippen LogP contribution in [-0.2, 0) is 4.79 Å². The molecular weight excluding hydrogens is 330 g/mol. The Morgan fingerprint density at radius 3 is 2.55 bits per heavy atom. The molecule has 1 saturated heterocycles. The fraction of sp³-hybridized carbons (Fsp3) is 0.533. The first-order valence-electron chi connectivity index (χ1n) is 7.03. The Morgan fingerprint density at radius 2 is 2.00 bits per heavy atom. The van der Waals surface area contributed by atoms with E-state index in [4.69, 9.17) is 16.3 Å². The first-order valence-corrected chi connectivity index (χ1v) is 7.41. The highest BCUT2D eigenvalue weighted by atomic mass is 35.5. The molecule has 1 N–H and O–H groups in total. The topological polar surface area (TPSA) is 41.6 Å². The maximum atomic E-state index is 13.0. The molecule has 1 fully saturated rings. The normalized spacial score (nSPS) is 22.7. The summed E-state index contributed by atoms with van der Waals surface area (Å²) >= 11 is 5.91. The SMILES string of the molecule is CC1CN(C(=O)C(C)Oc2ccc(F)cc2Cl)CC(C)N1.Cl. The molecule has 22 heavy (non-hydrogen) atoms. The van der Waals surface area contributed by atoms with Crippen molar-refractivity contribution in [2.24, 2.45) is 0 Å². The van der Waals surface area contributed by atoms with E-state index < -0.39 is 11.9 Å². The zero-order valence-corrected chi connectivity index (χ0v) is 14.4. The van der Waals surface area contributed by atoms with Crippen molar-refractivity contribution < 1.29 is 13.9 Å². The third-order valence-corrected chi connectivity index (χ3v) is 3.71. The summed E-state index contributed by atoms with van der Waals surface area (Å²) in [5.41, 5.74) is 0. The summed E-state index contributed by atoms with van der Waals surface area (Å²) < 4.78 is 18.6. The van der Waals surface area contributed by atoms with Crippen LogP contribution in [0, 0.1) is 5.82 Å². The van der Waals surface area contributed by atoms with Crippen molar-refractivity contribution >= 4 is 29.9 Å². The van der Waals surface area contributed by atoms with Gasteiger partial charge in [-0.2, -0.15) is 0 Å². The lowest BCUT2D eigenvalue weighted by Gasteiger charge is -2.37. The minimum Gasteiger partial charge on any atom is -0.479 e. The minimum atomic E-state index is -0.662. The molecule has 1 aromatic rings. The largest absolute Gasteiger partial charge is 0.479 e. The number of nitrogens with one attached hydrogen (secondary N) is 1. The molecule has 124 valence electrons. The summed E-state index contributed by atoms with van der Waals surface area (Å²) in [5, 5.41) is 3.53. The number of piperazine rings is 1. The van der Waals surface area contributed by atoms with Gasteiger partial charge in [0.05, 0.1) is 5.02 Å². The Bertz CT molecular complexity index is 520. The van der Waals surface area contributed by atoms with E-state index >= 15 is 0 Å². The van der Waals surface area contributed by atoms with E-state index in [0.717, 1.165) is 0 Å². The van der Waals surface area contributed by atoms with E-state index in [1.807, 2.05) is 13.8 Å². The zero-order chi connectivity index (χ0) is 15.6. The monoisotopic (exact) mass is 350 g/mol. The quantitative estimate of drug-likeness (QED) is 0.911. The van der Waals surface area contributed by atoms with Crippen molar-refractivity contribution in [1.82, 2.24) is 10.2 Å². The molecule has 0 aromatic heterocycles. The predicted octanol–water partition coefficient (Wildman–Crippen LogP) is 2.88. The van der Waals surface area contributed by atoms with Crippen LogP contribution in [-0.4, -0.2) is 42.1 Å². The van der Waals surface area contributed by atoms with Gasteiger partial charge in [0.1, 0.15) is 11.6 Å². The predicted molar refractivity (Wildman–Crippen MR) is 87.4 cm³/mol. The van der Waals surface area contributed by atoms with Gasteiger partial charge in [0, 0.05) is 25.2 Å². The van der Waals surface area contributed by atoms with Crippen LogP contribution in [0.4, 0.5) is 4.39 Å². The van der Waals surface area contributed by atoms with Crippen LogP contribution in [0.25, 0.3) is 0 Å². The van der Waals surface area contributed by atoms with Gasteiger partial charge < -0.3 is 15.0 Å². The van der Waals surface area contributed by atoms with Gasteiger partial charge in [-0.15, -0.1) is 12.4 Å². The van der Waals surface area contributed by atoms with Gasteiger partial charge in [-0.25, -0.2) is 4.39 Å². The third kappa shape index (κ3) is 4.73. The number of benzene rings is 1. The number of hydrogen-bond donors (Lipinski definition) is 1. The molecule has 1 aliphatic rings. The van der Waals surface area contributed by atoms with Crippen molar-refractivity contribution in [1.29, 1.82) is 0 Å². The molecule has 4 nitrogen and oxygen atoms in total. The summed E-state index contributed by atoms with van der Waals surface area (Å²) in [6, 6.07) is 4.36. The molecule has 1 heterocycles. The molecule has 0 aliphatic carbocycles. The van der Waals surface area contributed by atoms with Gasteiger partial charge in [0.25, 0.3) is 5.91 Å². The van der Waals surface area contributed by atoms with Crippen molar-refractivity contribution in [3.63, 3.8) is 0 Å². The fourth-order valence-corrected chi connectivity index (χ4v) is 2.79. The van der Waals surface area contributed by atoms with Crippen molar-refractivity contribution in [2.45, 2.75) is 39.0 Å². The Balaban J connectivity index is 0.00000242. The second-order valence-electron chi connectivity index (χ2n) is 5.55. The molecule has 0 saturated carbocycles. The van der Waals surface area contributed by atoms with Crippen LogP contribution in [0.15, 0.2) is 18.2 Å². The second kappa shape index (κ2) is 7.99. The van der Waals surface area contributed by atoms with Crippen molar-refractivity contribution in [2.75, 3.05) is 13.1 Å². The highest BCUT2D eigenvalue weighted by Crippen LogP contribution is 2.26. The van der Waals surface area contributed by atoms with Crippen molar-refractivity contribution in [3.8, 4) is 5.75 Å². The average molecular weight is 351 g/mol. The van der Waals surface area contributed by atoms with E-state index in [9.17, 15) is 9.18 Å². The summed E-state index contributed by atoms with van der Waals surface area (Å²) in [6.45, 7) is 7.05. The average Bonchev–Trinajstić information content (AvgIpc) is 2.40. The number of carbonyl (C=O) groups excluding carboxylic acids is 1. The van der Waals surface area contributed by atoms with Gasteiger partial charge in [0.15, 0.2) is 6.10 Å². The lowest BCUT2D eigenvalue weighted by atomic mass is 10.1. The van der Waals surface area contributed by atoms with E-state index in [-0.39, 0.29) is 35.4 Å². The Kier molecular flexibility index (Phi) is 6.91. The molecule has 3 unspecified atom stereocenters. The lowest BCUT2D eigenvalue weighted by molar-refractivity contribution is -0.139. The molecule has 0 radical (unpaired) electrons. The van der Waals surface area contributed by atoms with Gasteiger partial charge >= 0.3 is 0 Å². The smallest absolute Gasteiger partial charge is 0.263 e. The summed E-state index contributed by atoms with van der Waals surface area (Å²) in [5.74, 6) is -0.207. The lowest BCUT2D eigenvalue weighted by Crippen LogP contribution is -2.57. The number of halogens is 3. The third-order valence-electron chi connectivity index (χ3n) is 3.41. The van der Waals surface area contributed by atoms with Crippen LogP contribution in [0.2, 0.25) is 5.02 Å². The Labute approximate surface area is 141 Å². The van der Waals surface area contributed by atoms with Crippen LogP contribution >= 0.6 is 24.0 Å². The standard InChI is InChI=1S/C15H20ClFN2O2.ClH/c1-9-7-19(8-10(2)18-9)15(20)11(3)21-14-5-4-12(17)6-13(14)16;/h4-6,9-11,18H,7-8H2,1-3H3;1H. The van der Waals surface area contributed by atoms with Crippen LogP contribution in [0.1, 0.15) is 20.8 Å². The minimum absolute atomic E-state index is 0. The molecule has 2 rings (SSSR count). The summed E-state index contributed by atoms with van der Waals surface area (Å²) in [7, 11) is 0.